The molecule has 0 aliphatic carbocycles. The fourth-order valence-corrected chi connectivity index (χ4v) is 2.55. The molecule has 0 bridgehead atoms. The first-order chi connectivity index (χ1) is 10.1. The zero-order valence-corrected chi connectivity index (χ0v) is 12.6. The normalized spacial score (nSPS) is 13.8. The molecule has 5 nitrogen and oxygen atoms in total. The number of aromatic nitrogens is 3. The summed E-state index contributed by atoms with van der Waals surface area (Å²) < 4.78 is 1.56. The molecule has 2 atom stereocenters. The van der Waals surface area contributed by atoms with Crippen molar-refractivity contribution in [2.75, 3.05) is 0 Å². The smallest absolute Gasteiger partial charge is 0.308 e. The standard InChI is InChI=1S/C15H18ClN3O2/c1-2-11(12-3-5-14(16)6-4-12)7-13(15(20)21)8-19-10-17-9-18-19/h3-6,9-11,13H,2,7-8H2,1H3,(H,20,21). The maximum atomic E-state index is 11.5. The lowest BCUT2D eigenvalue weighted by Crippen LogP contribution is -2.22. The molecule has 0 saturated heterocycles. The Labute approximate surface area is 128 Å². The van der Waals surface area contributed by atoms with E-state index in [-0.39, 0.29) is 5.92 Å². The first-order valence-electron chi connectivity index (χ1n) is 6.90. The van der Waals surface area contributed by atoms with Crippen LogP contribution in [-0.4, -0.2) is 25.8 Å². The molecule has 0 radical (unpaired) electrons. The molecule has 0 fully saturated rings. The minimum absolute atomic E-state index is 0.187. The number of hydrogen-bond acceptors (Lipinski definition) is 3. The molecule has 2 rings (SSSR count). The fourth-order valence-electron chi connectivity index (χ4n) is 2.42. The lowest BCUT2D eigenvalue weighted by atomic mass is 9.87. The van der Waals surface area contributed by atoms with E-state index in [1.165, 1.54) is 6.33 Å². The summed E-state index contributed by atoms with van der Waals surface area (Å²) in [5.41, 5.74) is 1.12. The van der Waals surface area contributed by atoms with Crippen molar-refractivity contribution < 1.29 is 9.90 Å². The molecule has 1 aromatic heterocycles. The Hall–Kier alpha value is -1.88. The van der Waals surface area contributed by atoms with Crippen LogP contribution in [0.1, 0.15) is 31.2 Å². The highest BCUT2D eigenvalue weighted by molar-refractivity contribution is 6.30. The number of carbonyl (C=O) groups is 1. The largest absolute Gasteiger partial charge is 0.481 e. The van der Waals surface area contributed by atoms with Gasteiger partial charge in [-0.2, -0.15) is 5.10 Å². The fraction of sp³-hybridized carbons (Fsp3) is 0.400. The predicted octanol–water partition coefficient (Wildman–Crippen LogP) is 3.22. The third-order valence-corrected chi connectivity index (χ3v) is 3.88. The molecule has 1 aromatic carbocycles. The molecule has 1 N–H and O–H groups in total. The van der Waals surface area contributed by atoms with Gasteiger partial charge in [0.25, 0.3) is 0 Å². The average molecular weight is 308 g/mol. The molecule has 6 heteroatoms. The van der Waals surface area contributed by atoms with Gasteiger partial charge in [0.15, 0.2) is 0 Å². The number of carboxylic acids is 1. The molecule has 0 aliphatic rings. The van der Waals surface area contributed by atoms with E-state index in [0.29, 0.717) is 18.0 Å². The lowest BCUT2D eigenvalue weighted by Gasteiger charge is -2.20. The second kappa shape index (κ2) is 7.22. The van der Waals surface area contributed by atoms with Crippen molar-refractivity contribution in [3.63, 3.8) is 0 Å². The number of benzene rings is 1. The molecule has 1 heterocycles. The summed E-state index contributed by atoms with van der Waals surface area (Å²) in [5, 5.41) is 14.1. The van der Waals surface area contributed by atoms with E-state index >= 15 is 0 Å². The van der Waals surface area contributed by atoms with Gasteiger partial charge in [0.2, 0.25) is 0 Å². The van der Waals surface area contributed by atoms with Gasteiger partial charge in [-0.3, -0.25) is 9.48 Å². The van der Waals surface area contributed by atoms with Gasteiger partial charge in [-0.1, -0.05) is 30.7 Å². The Morgan fingerprint density at radius 1 is 1.38 bits per heavy atom. The number of hydrogen-bond donors (Lipinski definition) is 1. The summed E-state index contributed by atoms with van der Waals surface area (Å²) in [5.74, 6) is -1.11. The Balaban J connectivity index is 2.10. The summed E-state index contributed by atoms with van der Waals surface area (Å²) >= 11 is 5.90. The van der Waals surface area contributed by atoms with Crippen LogP contribution in [0.2, 0.25) is 5.02 Å². The van der Waals surface area contributed by atoms with Crippen LogP contribution in [0.15, 0.2) is 36.9 Å². The van der Waals surface area contributed by atoms with Crippen molar-refractivity contribution in [1.29, 1.82) is 0 Å². The van der Waals surface area contributed by atoms with E-state index in [2.05, 4.69) is 17.0 Å². The van der Waals surface area contributed by atoms with Crippen molar-refractivity contribution in [1.82, 2.24) is 14.8 Å². The van der Waals surface area contributed by atoms with Crippen molar-refractivity contribution in [2.45, 2.75) is 32.2 Å². The molecule has 112 valence electrons. The lowest BCUT2D eigenvalue weighted by molar-refractivity contribution is -0.142. The van der Waals surface area contributed by atoms with E-state index in [1.807, 2.05) is 24.3 Å². The van der Waals surface area contributed by atoms with Crippen LogP contribution >= 0.6 is 11.6 Å². The quantitative estimate of drug-likeness (QED) is 0.853. The number of rotatable bonds is 7. The highest BCUT2D eigenvalue weighted by Crippen LogP contribution is 2.28. The summed E-state index contributed by atoms with van der Waals surface area (Å²) in [7, 11) is 0. The van der Waals surface area contributed by atoms with Crippen LogP contribution in [0, 0.1) is 5.92 Å². The van der Waals surface area contributed by atoms with Gasteiger partial charge in [0, 0.05) is 5.02 Å². The molecule has 0 spiro atoms. The van der Waals surface area contributed by atoms with Crippen molar-refractivity contribution in [3.8, 4) is 0 Å². The zero-order chi connectivity index (χ0) is 15.2. The summed E-state index contributed by atoms with van der Waals surface area (Å²) in [6.45, 7) is 2.40. The number of halogens is 1. The Bertz CT molecular complexity index is 569. The second-order valence-corrected chi connectivity index (χ2v) is 5.48. The first kappa shape index (κ1) is 15.5. The summed E-state index contributed by atoms with van der Waals surface area (Å²) in [4.78, 5) is 15.3. The van der Waals surface area contributed by atoms with Crippen molar-refractivity contribution in [3.05, 3.63) is 47.5 Å². The van der Waals surface area contributed by atoms with Gasteiger partial charge in [0.05, 0.1) is 12.5 Å². The van der Waals surface area contributed by atoms with Crippen LogP contribution < -0.4 is 0 Å². The van der Waals surface area contributed by atoms with E-state index in [4.69, 9.17) is 11.6 Å². The van der Waals surface area contributed by atoms with Gasteiger partial charge in [-0.25, -0.2) is 4.98 Å². The topological polar surface area (TPSA) is 68.0 Å². The Morgan fingerprint density at radius 2 is 2.10 bits per heavy atom. The van der Waals surface area contributed by atoms with Crippen LogP contribution in [-0.2, 0) is 11.3 Å². The van der Waals surface area contributed by atoms with Crippen molar-refractivity contribution >= 4 is 17.6 Å². The van der Waals surface area contributed by atoms with Gasteiger partial charge >= 0.3 is 5.97 Å². The van der Waals surface area contributed by atoms with Crippen LogP contribution in [0.4, 0.5) is 0 Å². The van der Waals surface area contributed by atoms with E-state index in [0.717, 1.165) is 12.0 Å². The third-order valence-electron chi connectivity index (χ3n) is 3.63. The maximum absolute atomic E-state index is 11.5. The predicted molar refractivity (Wildman–Crippen MR) is 80.2 cm³/mol. The average Bonchev–Trinajstić information content (AvgIpc) is 2.97. The van der Waals surface area contributed by atoms with Gasteiger partial charge in [0.1, 0.15) is 12.7 Å². The molecule has 0 amide bonds. The number of nitrogens with zero attached hydrogens (tertiary/aromatic N) is 3. The third kappa shape index (κ3) is 4.29. The Kier molecular flexibility index (Phi) is 5.33. The van der Waals surface area contributed by atoms with Gasteiger partial charge in [-0.15, -0.1) is 0 Å². The van der Waals surface area contributed by atoms with E-state index in [1.54, 1.807) is 11.0 Å². The maximum Gasteiger partial charge on any atom is 0.308 e. The minimum atomic E-state index is -0.807. The van der Waals surface area contributed by atoms with E-state index in [9.17, 15) is 9.90 Å². The van der Waals surface area contributed by atoms with Crippen LogP contribution in [0.25, 0.3) is 0 Å². The van der Waals surface area contributed by atoms with E-state index < -0.39 is 11.9 Å². The van der Waals surface area contributed by atoms with Crippen molar-refractivity contribution in [2.24, 2.45) is 5.92 Å². The summed E-state index contributed by atoms with van der Waals surface area (Å²) in [6.07, 6.45) is 4.39. The van der Waals surface area contributed by atoms with Crippen LogP contribution in [0.3, 0.4) is 0 Å². The molecule has 0 saturated carbocycles. The van der Waals surface area contributed by atoms with Gasteiger partial charge in [-0.05, 0) is 36.5 Å². The first-order valence-corrected chi connectivity index (χ1v) is 7.28. The Morgan fingerprint density at radius 3 is 2.62 bits per heavy atom. The number of carboxylic acid groups (broad SMARTS) is 1. The van der Waals surface area contributed by atoms with Crippen LogP contribution in [0.5, 0.6) is 0 Å². The second-order valence-electron chi connectivity index (χ2n) is 5.05. The monoisotopic (exact) mass is 307 g/mol. The number of aliphatic carboxylic acids is 1. The SMILES string of the molecule is CCC(CC(Cn1cncn1)C(=O)O)c1ccc(Cl)cc1. The minimum Gasteiger partial charge on any atom is -0.481 e. The van der Waals surface area contributed by atoms with Gasteiger partial charge < -0.3 is 5.11 Å². The molecule has 21 heavy (non-hydrogen) atoms. The highest BCUT2D eigenvalue weighted by atomic mass is 35.5. The molecule has 0 aliphatic heterocycles. The highest BCUT2D eigenvalue weighted by Gasteiger charge is 2.23. The zero-order valence-electron chi connectivity index (χ0n) is 11.8. The molecular weight excluding hydrogens is 290 g/mol. The molecular formula is C15H18ClN3O2. The molecule has 2 aromatic rings. The molecule has 2 unspecified atom stereocenters. The summed E-state index contributed by atoms with van der Waals surface area (Å²) in [6, 6.07) is 7.61.